The Hall–Kier alpha value is -1.48. The Balaban J connectivity index is 2.50. The van der Waals surface area contributed by atoms with E-state index in [1.165, 1.54) is 0 Å². The summed E-state index contributed by atoms with van der Waals surface area (Å²) < 4.78 is 5.81. The van der Waals surface area contributed by atoms with Gasteiger partial charge in [-0.05, 0) is 24.6 Å². The van der Waals surface area contributed by atoms with Gasteiger partial charge in [0.05, 0.1) is 10.9 Å². The summed E-state index contributed by atoms with van der Waals surface area (Å²) in [5.74, 6) is 0.868. The fourth-order valence-corrected chi connectivity index (χ4v) is 2.70. The fraction of sp³-hybridized carbons (Fsp3) is 0.154. The van der Waals surface area contributed by atoms with Gasteiger partial charge < -0.3 is 4.42 Å². The highest BCUT2D eigenvalue weighted by molar-refractivity contribution is 7.99. The molecule has 0 amide bonds. The van der Waals surface area contributed by atoms with Crippen LogP contribution in [-0.4, -0.2) is 5.75 Å². The van der Waals surface area contributed by atoms with Gasteiger partial charge in [-0.2, -0.15) is 0 Å². The SMILES string of the molecule is Cc1cccc2c(=O)c3c(oc12)SCC=C3. The average molecular weight is 230 g/mol. The van der Waals surface area contributed by atoms with Crippen molar-refractivity contribution in [3.63, 3.8) is 0 Å². The molecule has 0 unspecified atom stereocenters. The normalized spacial score (nSPS) is 14.1. The van der Waals surface area contributed by atoms with E-state index >= 15 is 0 Å². The van der Waals surface area contributed by atoms with Crippen LogP contribution in [0.15, 0.2) is 38.6 Å². The molecule has 0 saturated carbocycles. The Kier molecular flexibility index (Phi) is 2.14. The van der Waals surface area contributed by atoms with Crippen molar-refractivity contribution in [3.05, 3.63) is 45.6 Å². The third-order valence-corrected chi connectivity index (χ3v) is 3.64. The maximum absolute atomic E-state index is 12.2. The lowest BCUT2D eigenvalue weighted by Gasteiger charge is -2.10. The molecule has 0 saturated heterocycles. The summed E-state index contributed by atoms with van der Waals surface area (Å²) in [6, 6.07) is 5.67. The van der Waals surface area contributed by atoms with Gasteiger partial charge >= 0.3 is 0 Å². The molecule has 0 atom stereocenters. The second-order valence-electron chi connectivity index (χ2n) is 3.80. The van der Waals surface area contributed by atoms with E-state index in [1.54, 1.807) is 11.8 Å². The first-order valence-corrected chi connectivity index (χ1v) is 6.12. The zero-order chi connectivity index (χ0) is 11.1. The molecule has 0 spiro atoms. The van der Waals surface area contributed by atoms with E-state index in [0.29, 0.717) is 16.5 Å². The molecule has 1 aliphatic rings. The van der Waals surface area contributed by atoms with Gasteiger partial charge in [0.2, 0.25) is 5.43 Å². The highest BCUT2D eigenvalue weighted by Gasteiger charge is 2.15. The van der Waals surface area contributed by atoms with Gasteiger partial charge in [-0.15, -0.1) is 0 Å². The van der Waals surface area contributed by atoms with Crippen molar-refractivity contribution in [2.75, 3.05) is 5.75 Å². The van der Waals surface area contributed by atoms with Crippen molar-refractivity contribution in [2.24, 2.45) is 0 Å². The minimum atomic E-state index is 0.0726. The first-order valence-electron chi connectivity index (χ1n) is 5.13. The number of hydrogen-bond acceptors (Lipinski definition) is 3. The summed E-state index contributed by atoms with van der Waals surface area (Å²) in [5.41, 5.74) is 2.49. The Morgan fingerprint density at radius 2 is 2.25 bits per heavy atom. The molecule has 1 aromatic carbocycles. The molecule has 0 radical (unpaired) electrons. The van der Waals surface area contributed by atoms with E-state index in [9.17, 15) is 4.79 Å². The standard InChI is InChI=1S/C13H10O2S/c1-8-4-2-5-9-11(14)10-6-3-7-16-13(10)15-12(8)9/h2-6H,7H2,1H3. The Morgan fingerprint density at radius 3 is 3.12 bits per heavy atom. The molecule has 16 heavy (non-hydrogen) atoms. The van der Waals surface area contributed by atoms with Gasteiger partial charge in [-0.3, -0.25) is 4.79 Å². The third kappa shape index (κ3) is 1.32. The molecule has 80 valence electrons. The van der Waals surface area contributed by atoms with Crippen molar-refractivity contribution in [1.82, 2.24) is 0 Å². The molecule has 2 heterocycles. The number of thioether (sulfide) groups is 1. The summed E-state index contributed by atoms with van der Waals surface area (Å²) in [6.45, 7) is 1.96. The highest BCUT2D eigenvalue weighted by atomic mass is 32.2. The molecule has 2 nitrogen and oxygen atoms in total. The van der Waals surface area contributed by atoms with Crippen LogP contribution >= 0.6 is 11.8 Å². The van der Waals surface area contributed by atoms with E-state index in [2.05, 4.69) is 0 Å². The van der Waals surface area contributed by atoms with Crippen molar-refractivity contribution < 1.29 is 4.42 Å². The zero-order valence-electron chi connectivity index (χ0n) is 8.82. The first kappa shape index (κ1) is 9.73. The Morgan fingerprint density at radius 1 is 1.38 bits per heavy atom. The van der Waals surface area contributed by atoms with Gasteiger partial charge in [0.15, 0.2) is 5.09 Å². The van der Waals surface area contributed by atoms with Gasteiger partial charge in [-0.25, -0.2) is 0 Å². The van der Waals surface area contributed by atoms with E-state index < -0.39 is 0 Å². The van der Waals surface area contributed by atoms with Gasteiger partial charge in [0.25, 0.3) is 0 Å². The maximum atomic E-state index is 12.2. The summed E-state index contributed by atoms with van der Waals surface area (Å²) in [5, 5.41) is 1.42. The summed E-state index contributed by atoms with van der Waals surface area (Å²) in [6.07, 6.45) is 3.85. The number of para-hydroxylation sites is 1. The van der Waals surface area contributed by atoms with Crippen LogP contribution in [0.1, 0.15) is 11.1 Å². The molecule has 1 aromatic heterocycles. The van der Waals surface area contributed by atoms with E-state index in [1.807, 2.05) is 37.3 Å². The molecule has 1 aliphatic heterocycles. The molecular formula is C13H10O2S. The number of fused-ring (bicyclic) bond motifs is 2. The minimum absolute atomic E-state index is 0.0726. The van der Waals surface area contributed by atoms with Crippen LogP contribution in [0.4, 0.5) is 0 Å². The molecule has 3 heteroatoms. The number of benzene rings is 1. The average Bonchev–Trinajstić information content (AvgIpc) is 2.31. The molecule has 3 rings (SSSR count). The highest BCUT2D eigenvalue weighted by Crippen LogP contribution is 2.30. The molecule has 0 bridgehead atoms. The fourth-order valence-electron chi connectivity index (χ4n) is 1.89. The van der Waals surface area contributed by atoms with Crippen LogP contribution in [0.2, 0.25) is 0 Å². The van der Waals surface area contributed by atoms with Crippen LogP contribution in [-0.2, 0) is 0 Å². The van der Waals surface area contributed by atoms with Gasteiger partial charge in [0.1, 0.15) is 5.58 Å². The smallest absolute Gasteiger partial charge is 0.201 e. The molecule has 0 N–H and O–H groups in total. The van der Waals surface area contributed by atoms with Crippen molar-refractivity contribution >= 4 is 28.8 Å². The van der Waals surface area contributed by atoms with Gasteiger partial charge in [-0.1, -0.05) is 30.0 Å². The summed E-state index contributed by atoms with van der Waals surface area (Å²) >= 11 is 1.57. The second-order valence-corrected chi connectivity index (χ2v) is 4.79. The van der Waals surface area contributed by atoms with Crippen molar-refractivity contribution in [2.45, 2.75) is 12.0 Å². The largest absolute Gasteiger partial charge is 0.449 e. The van der Waals surface area contributed by atoms with Crippen LogP contribution in [0.5, 0.6) is 0 Å². The first-order chi connectivity index (χ1) is 7.77. The lowest BCUT2D eigenvalue weighted by Crippen LogP contribution is -2.09. The van der Waals surface area contributed by atoms with E-state index in [-0.39, 0.29) is 5.43 Å². The number of aryl methyl sites for hydroxylation is 1. The lowest BCUT2D eigenvalue weighted by molar-refractivity contribution is 0.495. The van der Waals surface area contributed by atoms with Crippen LogP contribution < -0.4 is 5.43 Å². The predicted octanol–water partition coefficient (Wildman–Crippen LogP) is 3.22. The molecule has 2 aromatic rings. The maximum Gasteiger partial charge on any atom is 0.201 e. The topological polar surface area (TPSA) is 30.2 Å². The number of hydrogen-bond donors (Lipinski definition) is 0. The van der Waals surface area contributed by atoms with Crippen LogP contribution in [0.25, 0.3) is 17.0 Å². The van der Waals surface area contributed by atoms with Crippen molar-refractivity contribution in [1.29, 1.82) is 0 Å². The minimum Gasteiger partial charge on any atom is -0.449 e. The monoisotopic (exact) mass is 230 g/mol. The number of rotatable bonds is 0. The lowest BCUT2D eigenvalue weighted by atomic mass is 10.1. The third-order valence-electron chi connectivity index (χ3n) is 2.71. The predicted molar refractivity (Wildman–Crippen MR) is 67.0 cm³/mol. The summed E-state index contributed by atoms with van der Waals surface area (Å²) in [7, 11) is 0. The molecular weight excluding hydrogens is 220 g/mol. The van der Waals surface area contributed by atoms with Gasteiger partial charge in [0, 0.05) is 5.75 Å². The van der Waals surface area contributed by atoms with Crippen LogP contribution in [0, 0.1) is 6.92 Å². The molecule has 0 aliphatic carbocycles. The quantitative estimate of drug-likeness (QED) is 0.696. The van der Waals surface area contributed by atoms with Crippen LogP contribution in [0.3, 0.4) is 0 Å². The van der Waals surface area contributed by atoms with Crippen molar-refractivity contribution in [3.8, 4) is 0 Å². The van der Waals surface area contributed by atoms with E-state index in [4.69, 9.17) is 4.42 Å². The zero-order valence-corrected chi connectivity index (χ0v) is 9.64. The van der Waals surface area contributed by atoms with E-state index in [0.717, 1.165) is 16.4 Å². The summed E-state index contributed by atoms with van der Waals surface area (Å²) in [4.78, 5) is 12.2. The second kappa shape index (κ2) is 3.52. The Labute approximate surface area is 97.0 Å². The Bertz CT molecular complexity index is 653. The molecule has 0 fully saturated rings.